The van der Waals surface area contributed by atoms with Gasteiger partial charge in [-0.05, 0) is 30.2 Å². The van der Waals surface area contributed by atoms with Crippen LogP contribution in [0.25, 0.3) is 5.57 Å². The van der Waals surface area contributed by atoms with Gasteiger partial charge >= 0.3 is 12.1 Å². The third-order valence-corrected chi connectivity index (χ3v) is 5.22. The Kier molecular flexibility index (Phi) is 4.30. The summed E-state index contributed by atoms with van der Waals surface area (Å²) in [6, 6.07) is 7.28. The Morgan fingerprint density at radius 2 is 1.82 bits per heavy atom. The molecule has 0 amide bonds. The Morgan fingerprint density at radius 1 is 1.23 bits per heavy atom. The highest BCUT2D eigenvalue weighted by atomic mass is 32.2. The second-order valence-electron chi connectivity index (χ2n) is 4.63. The van der Waals surface area contributed by atoms with Crippen LogP contribution in [0.15, 0.2) is 34.1 Å². The largest absolute Gasteiger partial charge is 0.490 e. The zero-order chi connectivity index (χ0) is 16.5. The van der Waals surface area contributed by atoms with Crippen LogP contribution in [0.2, 0.25) is 0 Å². The van der Waals surface area contributed by atoms with Crippen LogP contribution in [0.3, 0.4) is 0 Å². The van der Waals surface area contributed by atoms with E-state index in [1.54, 1.807) is 12.1 Å². The number of alkyl halides is 3. The molecule has 2 aliphatic rings. The summed E-state index contributed by atoms with van der Waals surface area (Å²) in [5.41, 5.74) is 1.93. The van der Waals surface area contributed by atoms with Crippen LogP contribution >= 0.6 is 0 Å². The van der Waals surface area contributed by atoms with Gasteiger partial charge in [-0.15, -0.1) is 0 Å². The molecule has 2 N–H and O–H groups in total. The van der Waals surface area contributed by atoms with Crippen molar-refractivity contribution in [1.29, 1.82) is 0 Å². The molecule has 0 fully saturated rings. The van der Waals surface area contributed by atoms with E-state index in [0.717, 1.165) is 24.1 Å². The number of aliphatic carboxylic acids is 1. The molecule has 1 aromatic rings. The molecule has 0 aliphatic carbocycles. The summed E-state index contributed by atoms with van der Waals surface area (Å²) in [7, 11) is -3.19. The minimum absolute atomic E-state index is 0.479. The molecule has 22 heavy (non-hydrogen) atoms. The molecule has 5 nitrogen and oxygen atoms in total. The van der Waals surface area contributed by atoms with E-state index in [-0.39, 0.29) is 0 Å². The number of carboxylic acid groups (broad SMARTS) is 1. The highest BCUT2D eigenvalue weighted by Gasteiger charge is 2.38. The van der Waals surface area contributed by atoms with Gasteiger partial charge in [-0.25, -0.2) is 13.2 Å². The summed E-state index contributed by atoms with van der Waals surface area (Å²) < 4.78 is 56.0. The quantitative estimate of drug-likeness (QED) is 0.755. The normalized spacial score (nSPS) is 18.9. The van der Waals surface area contributed by atoms with Crippen LogP contribution < -0.4 is 5.32 Å². The molecular formula is C13H12F3NO4S. The predicted molar refractivity (Wildman–Crippen MR) is 71.7 cm³/mol. The van der Waals surface area contributed by atoms with Crippen molar-refractivity contribution < 1.29 is 31.5 Å². The van der Waals surface area contributed by atoms with Gasteiger partial charge < -0.3 is 10.4 Å². The fourth-order valence-electron chi connectivity index (χ4n) is 2.29. The topological polar surface area (TPSA) is 83.5 Å². The minimum Gasteiger partial charge on any atom is -0.475 e. The molecule has 0 atom stereocenters. The van der Waals surface area contributed by atoms with Crippen molar-refractivity contribution in [1.82, 2.24) is 5.32 Å². The third-order valence-electron chi connectivity index (χ3n) is 3.24. The van der Waals surface area contributed by atoms with Gasteiger partial charge in [0.05, 0.1) is 9.80 Å². The summed E-state index contributed by atoms with van der Waals surface area (Å²) >= 11 is 0. The van der Waals surface area contributed by atoms with Crippen LogP contribution in [-0.2, 0) is 14.6 Å². The number of hydrogen-bond acceptors (Lipinski definition) is 4. The van der Waals surface area contributed by atoms with Gasteiger partial charge in [-0.3, -0.25) is 0 Å². The molecule has 0 bridgehead atoms. The van der Waals surface area contributed by atoms with Gasteiger partial charge in [-0.2, -0.15) is 13.2 Å². The summed E-state index contributed by atoms with van der Waals surface area (Å²) in [5.74, 6) is -2.76. The van der Waals surface area contributed by atoms with E-state index in [0.29, 0.717) is 16.3 Å². The second-order valence-corrected chi connectivity index (χ2v) is 6.57. The molecular weight excluding hydrogens is 323 g/mol. The highest BCUT2D eigenvalue weighted by Crippen LogP contribution is 2.41. The van der Waals surface area contributed by atoms with Crippen molar-refractivity contribution in [3.8, 4) is 0 Å². The van der Waals surface area contributed by atoms with Gasteiger partial charge in [0.2, 0.25) is 9.84 Å². The maximum absolute atomic E-state index is 12.1. The Hall–Kier alpha value is -1.87. The predicted octanol–water partition coefficient (Wildman–Crippen LogP) is 1.81. The van der Waals surface area contributed by atoms with Crippen molar-refractivity contribution in [2.75, 3.05) is 13.1 Å². The highest BCUT2D eigenvalue weighted by molar-refractivity contribution is 7.96. The van der Waals surface area contributed by atoms with Crippen LogP contribution in [0.4, 0.5) is 13.2 Å². The number of halogens is 3. The van der Waals surface area contributed by atoms with Gasteiger partial charge in [0.25, 0.3) is 0 Å². The SMILES string of the molecule is O=C(O)C(F)(F)F.O=S1(=O)C2=C(CCNC2)c2ccccc21. The second kappa shape index (κ2) is 5.73. The van der Waals surface area contributed by atoms with E-state index in [4.69, 9.17) is 9.90 Å². The zero-order valence-corrected chi connectivity index (χ0v) is 12.0. The standard InChI is InChI=1S/C11H11NO2S.C2HF3O2/c13-15(14)10-4-2-1-3-8(10)9-5-6-12-7-11(9)15;3-2(4,5)1(6)7/h1-4,12H,5-7H2;(H,6,7). The first-order valence-corrected chi connectivity index (χ1v) is 7.71. The van der Waals surface area contributed by atoms with E-state index < -0.39 is 22.0 Å². The Morgan fingerprint density at radius 3 is 2.41 bits per heavy atom. The van der Waals surface area contributed by atoms with Gasteiger partial charge in [0.1, 0.15) is 0 Å². The van der Waals surface area contributed by atoms with E-state index >= 15 is 0 Å². The average Bonchev–Trinajstić information content (AvgIpc) is 2.69. The van der Waals surface area contributed by atoms with Crippen LogP contribution in [0.1, 0.15) is 12.0 Å². The van der Waals surface area contributed by atoms with E-state index in [1.165, 1.54) is 0 Å². The van der Waals surface area contributed by atoms with Crippen molar-refractivity contribution in [2.45, 2.75) is 17.5 Å². The van der Waals surface area contributed by atoms with Crippen LogP contribution in [-0.4, -0.2) is 38.8 Å². The first-order chi connectivity index (χ1) is 10.2. The lowest BCUT2D eigenvalue weighted by Gasteiger charge is -2.14. The van der Waals surface area contributed by atoms with Gasteiger partial charge in [-0.1, -0.05) is 18.2 Å². The molecule has 0 aromatic heterocycles. The number of benzene rings is 1. The van der Waals surface area contributed by atoms with Crippen LogP contribution in [0, 0.1) is 0 Å². The Balaban J connectivity index is 0.000000217. The third kappa shape index (κ3) is 3.00. The van der Waals surface area contributed by atoms with Gasteiger partial charge in [0.15, 0.2) is 0 Å². The molecule has 0 spiro atoms. The fourth-order valence-corrected chi connectivity index (χ4v) is 4.12. The first-order valence-electron chi connectivity index (χ1n) is 6.23. The molecule has 2 aliphatic heterocycles. The number of nitrogens with one attached hydrogen (secondary N) is 1. The van der Waals surface area contributed by atoms with E-state index in [2.05, 4.69) is 5.32 Å². The van der Waals surface area contributed by atoms with Crippen molar-refractivity contribution in [3.63, 3.8) is 0 Å². The lowest BCUT2D eigenvalue weighted by atomic mass is 10.0. The number of carboxylic acids is 1. The number of carbonyl (C=O) groups is 1. The first kappa shape index (κ1) is 16.5. The maximum Gasteiger partial charge on any atom is 0.490 e. The summed E-state index contributed by atoms with van der Waals surface area (Å²) in [5, 5.41) is 10.2. The fraction of sp³-hybridized carbons (Fsp3) is 0.308. The van der Waals surface area contributed by atoms with Crippen molar-refractivity contribution in [3.05, 3.63) is 34.7 Å². The molecule has 120 valence electrons. The smallest absolute Gasteiger partial charge is 0.475 e. The lowest BCUT2D eigenvalue weighted by Crippen LogP contribution is -2.25. The molecule has 0 radical (unpaired) electrons. The Bertz CT molecular complexity index is 738. The van der Waals surface area contributed by atoms with E-state index in [1.807, 2.05) is 12.1 Å². The maximum atomic E-state index is 12.1. The molecule has 1 aromatic carbocycles. The zero-order valence-electron chi connectivity index (χ0n) is 11.1. The average molecular weight is 335 g/mol. The van der Waals surface area contributed by atoms with Crippen molar-refractivity contribution >= 4 is 21.4 Å². The monoisotopic (exact) mass is 335 g/mol. The minimum atomic E-state index is -5.08. The number of rotatable bonds is 0. The molecule has 9 heteroatoms. The number of hydrogen-bond donors (Lipinski definition) is 2. The Labute approximate surface area is 124 Å². The van der Waals surface area contributed by atoms with E-state index in [9.17, 15) is 21.6 Å². The molecule has 0 unspecified atom stereocenters. The molecule has 0 saturated carbocycles. The number of fused-ring (bicyclic) bond motifs is 2. The van der Waals surface area contributed by atoms with Crippen LogP contribution in [0.5, 0.6) is 0 Å². The lowest BCUT2D eigenvalue weighted by molar-refractivity contribution is -0.192. The summed E-state index contributed by atoms with van der Waals surface area (Å²) in [6.45, 7) is 1.34. The summed E-state index contributed by atoms with van der Waals surface area (Å²) in [4.78, 5) is 9.96. The van der Waals surface area contributed by atoms with Gasteiger partial charge in [0, 0.05) is 6.54 Å². The van der Waals surface area contributed by atoms with Crippen molar-refractivity contribution in [2.24, 2.45) is 0 Å². The molecule has 3 rings (SSSR count). The number of sulfone groups is 1. The molecule has 0 saturated heterocycles. The summed E-state index contributed by atoms with van der Waals surface area (Å²) in [6.07, 6.45) is -4.27. The molecule has 2 heterocycles.